The molecule has 1 aromatic carbocycles. The van der Waals surface area contributed by atoms with E-state index in [1.165, 1.54) is 0 Å². The van der Waals surface area contributed by atoms with Crippen LogP contribution in [0.4, 0.5) is 10.1 Å². The van der Waals surface area contributed by atoms with Gasteiger partial charge in [0.05, 0.1) is 15.6 Å². The molecule has 0 atom stereocenters. The molecule has 110 valence electrons. The largest absolute Gasteiger partial charge is 0.340 e. The third-order valence-electron chi connectivity index (χ3n) is 2.65. The van der Waals surface area contributed by atoms with Crippen molar-refractivity contribution in [1.82, 2.24) is 14.1 Å². The lowest BCUT2D eigenvalue weighted by Crippen LogP contribution is -2.47. The zero-order chi connectivity index (χ0) is 15.9. The highest BCUT2D eigenvalue weighted by molar-refractivity contribution is 6.32. The van der Waals surface area contributed by atoms with Crippen LogP contribution in [-0.2, 0) is 7.05 Å². The van der Waals surface area contributed by atoms with Gasteiger partial charge in [-0.25, -0.2) is 23.5 Å². The Bertz CT molecular complexity index is 929. The number of hydrogen-bond acceptors (Lipinski definition) is 5. The Balaban J connectivity index is 2.93. The molecular weight excluding hydrogens is 311 g/mol. The molecule has 0 unspecified atom stereocenters. The lowest BCUT2D eigenvalue weighted by atomic mass is 10.2. The standard InChI is InChI=1S/C10H6ClFN4O5/c1-14-8(17)13-9(18)15(10(14)19)6-3-7(16(20)21)5(12)2-4(6)11/h2-3H,1H3,(H,13,17,18). The van der Waals surface area contributed by atoms with E-state index in [1.807, 2.05) is 4.98 Å². The van der Waals surface area contributed by atoms with Crippen molar-refractivity contribution in [3.05, 3.63) is 64.5 Å². The van der Waals surface area contributed by atoms with Gasteiger partial charge in [0, 0.05) is 19.2 Å². The molecule has 0 radical (unpaired) electrons. The Hall–Kier alpha value is -2.75. The summed E-state index contributed by atoms with van der Waals surface area (Å²) >= 11 is 5.71. The van der Waals surface area contributed by atoms with Crippen molar-refractivity contribution in [2.75, 3.05) is 0 Å². The molecule has 21 heavy (non-hydrogen) atoms. The van der Waals surface area contributed by atoms with Crippen molar-refractivity contribution >= 4 is 17.3 Å². The second-order valence-electron chi connectivity index (χ2n) is 3.92. The average molecular weight is 317 g/mol. The van der Waals surface area contributed by atoms with Crippen LogP contribution in [0.1, 0.15) is 0 Å². The maximum absolute atomic E-state index is 13.4. The number of nitro groups is 1. The van der Waals surface area contributed by atoms with E-state index in [0.717, 1.165) is 7.05 Å². The van der Waals surface area contributed by atoms with E-state index in [9.17, 15) is 28.9 Å². The fraction of sp³-hybridized carbons (Fsp3) is 0.100. The van der Waals surface area contributed by atoms with Crippen LogP contribution in [0.5, 0.6) is 0 Å². The van der Waals surface area contributed by atoms with Gasteiger partial charge in [0.2, 0.25) is 5.82 Å². The molecule has 11 heteroatoms. The summed E-state index contributed by atoms with van der Waals surface area (Å²) in [5.74, 6) is -1.22. The molecule has 1 N–H and O–H groups in total. The molecule has 0 aliphatic heterocycles. The molecule has 2 aromatic rings. The monoisotopic (exact) mass is 316 g/mol. The number of benzene rings is 1. The molecular formula is C10H6ClFN4O5. The lowest BCUT2D eigenvalue weighted by molar-refractivity contribution is -0.387. The zero-order valence-corrected chi connectivity index (χ0v) is 11.0. The molecule has 0 saturated heterocycles. The van der Waals surface area contributed by atoms with Crippen molar-refractivity contribution in [3.8, 4) is 5.69 Å². The number of H-pyrrole nitrogens is 1. The number of rotatable bonds is 2. The van der Waals surface area contributed by atoms with Crippen LogP contribution in [0.15, 0.2) is 26.5 Å². The highest BCUT2D eigenvalue weighted by Crippen LogP contribution is 2.27. The number of nitro benzene ring substituents is 1. The number of halogens is 2. The smallest absolute Gasteiger partial charge is 0.258 e. The average Bonchev–Trinajstić information content (AvgIpc) is 2.38. The molecule has 2 rings (SSSR count). The Kier molecular flexibility index (Phi) is 3.47. The normalized spacial score (nSPS) is 10.6. The van der Waals surface area contributed by atoms with Gasteiger partial charge in [-0.05, 0) is 0 Å². The van der Waals surface area contributed by atoms with Crippen LogP contribution < -0.4 is 17.1 Å². The molecule has 0 aliphatic carbocycles. The third kappa shape index (κ3) is 2.36. The highest BCUT2D eigenvalue weighted by Gasteiger charge is 2.21. The summed E-state index contributed by atoms with van der Waals surface area (Å²) in [7, 11) is 1.09. The number of hydrogen-bond donors (Lipinski definition) is 1. The van der Waals surface area contributed by atoms with Crippen molar-refractivity contribution in [2.24, 2.45) is 7.05 Å². The van der Waals surface area contributed by atoms with E-state index in [1.54, 1.807) is 0 Å². The molecule has 0 saturated carbocycles. The van der Waals surface area contributed by atoms with Crippen LogP contribution in [0.3, 0.4) is 0 Å². The van der Waals surface area contributed by atoms with E-state index in [-0.39, 0.29) is 0 Å². The fourth-order valence-electron chi connectivity index (χ4n) is 1.61. The van der Waals surface area contributed by atoms with Gasteiger partial charge in [-0.15, -0.1) is 0 Å². The first-order valence-electron chi connectivity index (χ1n) is 5.30. The molecule has 9 nitrogen and oxygen atoms in total. The van der Waals surface area contributed by atoms with E-state index in [4.69, 9.17) is 11.6 Å². The van der Waals surface area contributed by atoms with Crippen molar-refractivity contribution < 1.29 is 9.31 Å². The lowest BCUT2D eigenvalue weighted by Gasteiger charge is -2.08. The van der Waals surface area contributed by atoms with Gasteiger partial charge >= 0.3 is 22.8 Å². The molecule has 0 bridgehead atoms. The van der Waals surface area contributed by atoms with Gasteiger partial charge in [0.25, 0.3) is 0 Å². The first-order valence-corrected chi connectivity index (χ1v) is 5.68. The van der Waals surface area contributed by atoms with Gasteiger partial charge in [-0.1, -0.05) is 11.6 Å². The van der Waals surface area contributed by atoms with Gasteiger partial charge in [-0.2, -0.15) is 4.39 Å². The van der Waals surface area contributed by atoms with E-state index in [2.05, 4.69) is 0 Å². The van der Waals surface area contributed by atoms with E-state index >= 15 is 0 Å². The molecule has 0 amide bonds. The van der Waals surface area contributed by atoms with Crippen LogP contribution >= 0.6 is 11.6 Å². The fourth-order valence-corrected chi connectivity index (χ4v) is 1.84. The summed E-state index contributed by atoms with van der Waals surface area (Å²) in [6.45, 7) is 0. The summed E-state index contributed by atoms with van der Waals surface area (Å²) in [6.07, 6.45) is 0. The number of aromatic amines is 1. The summed E-state index contributed by atoms with van der Waals surface area (Å²) in [6, 6.07) is 1.24. The number of nitrogens with zero attached hydrogens (tertiary/aromatic N) is 3. The maximum atomic E-state index is 13.4. The van der Waals surface area contributed by atoms with Crippen molar-refractivity contribution in [2.45, 2.75) is 0 Å². The minimum atomic E-state index is -1.22. The van der Waals surface area contributed by atoms with Crippen LogP contribution in [0, 0.1) is 15.9 Å². The highest BCUT2D eigenvalue weighted by atomic mass is 35.5. The number of nitrogens with one attached hydrogen (secondary N) is 1. The predicted molar refractivity (Wildman–Crippen MR) is 69.5 cm³/mol. The van der Waals surface area contributed by atoms with Crippen LogP contribution in [0.25, 0.3) is 5.69 Å². The van der Waals surface area contributed by atoms with E-state index in [0.29, 0.717) is 21.3 Å². The van der Waals surface area contributed by atoms with Crippen molar-refractivity contribution in [3.63, 3.8) is 0 Å². The molecule has 0 spiro atoms. The minimum Gasteiger partial charge on any atom is -0.258 e. The number of aromatic nitrogens is 3. The SMILES string of the molecule is Cn1c(=O)[nH]c(=O)n(-c2cc([N+](=O)[O-])c(F)cc2Cl)c1=O. The molecule has 0 fully saturated rings. The molecule has 1 aromatic heterocycles. The Morgan fingerprint density at radius 3 is 2.48 bits per heavy atom. The van der Waals surface area contributed by atoms with Gasteiger partial charge in [0.1, 0.15) is 0 Å². The zero-order valence-electron chi connectivity index (χ0n) is 10.3. The first-order chi connectivity index (χ1) is 9.73. The summed E-state index contributed by atoms with van der Waals surface area (Å²) in [4.78, 5) is 46.4. The third-order valence-corrected chi connectivity index (χ3v) is 2.96. The van der Waals surface area contributed by atoms with E-state index < -0.39 is 44.2 Å². The second-order valence-corrected chi connectivity index (χ2v) is 4.33. The Morgan fingerprint density at radius 1 is 1.29 bits per heavy atom. The van der Waals surface area contributed by atoms with Gasteiger partial charge in [0.15, 0.2) is 0 Å². The minimum absolute atomic E-state index is 0.399. The summed E-state index contributed by atoms with van der Waals surface area (Å²) < 4.78 is 14.3. The molecule has 1 heterocycles. The Morgan fingerprint density at radius 2 is 1.90 bits per heavy atom. The summed E-state index contributed by atoms with van der Waals surface area (Å²) in [5, 5.41) is 10.3. The summed E-state index contributed by atoms with van der Waals surface area (Å²) in [5.41, 5.74) is -4.56. The molecule has 0 aliphatic rings. The predicted octanol–water partition coefficient (Wildman–Crippen LogP) is -0.0748. The first kappa shape index (κ1) is 14.7. The van der Waals surface area contributed by atoms with Crippen LogP contribution in [0.2, 0.25) is 5.02 Å². The topological polar surface area (TPSA) is 120 Å². The van der Waals surface area contributed by atoms with Crippen LogP contribution in [-0.4, -0.2) is 19.0 Å². The Labute approximate surface area is 119 Å². The quantitative estimate of drug-likeness (QED) is 0.614. The van der Waals surface area contributed by atoms with Gasteiger partial charge < -0.3 is 0 Å². The second kappa shape index (κ2) is 4.98. The maximum Gasteiger partial charge on any atom is 0.340 e. The van der Waals surface area contributed by atoms with Crippen molar-refractivity contribution in [1.29, 1.82) is 0 Å². The van der Waals surface area contributed by atoms with Gasteiger partial charge in [-0.3, -0.25) is 15.1 Å².